The molecule has 1 saturated carbocycles. The van der Waals surface area contributed by atoms with Gasteiger partial charge in [-0.1, -0.05) is 54.3 Å². The molecular weight excluding hydrogens is 595 g/mol. The standard InChI is InChI=1S/C30H34Cl2N6OS2/c1-2-33-30(40)34-19-23-27(26-15-13-22(41-26)12-10-20-8-4-5-9-20)35-36-28(23)29(39)38(37-16-6-3-7-17-37)25-14-11-21(31)18-24(25)32/h11,13-15,18,20H,2-9,16-17,19H2,1H3,(H,35,36)(H2,33,34,40). The van der Waals surface area contributed by atoms with Crippen LogP contribution in [0, 0.1) is 17.8 Å². The number of thiophene rings is 1. The van der Waals surface area contributed by atoms with E-state index < -0.39 is 0 Å². The van der Waals surface area contributed by atoms with Crippen molar-refractivity contribution in [3.05, 3.63) is 56.5 Å². The summed E-state index contributed by atoms with van der Waals surface area (Å²) in [5, 5.41) is 19.3. The van der Waals surface area contributed by atoms with E-state index in [0.717, 1.165) is 53.4 Å². The molecule has 216 valence electrons. The molecule has 7 nitrogen and oxygen atoms in total. The normalized spacial score (nSPS) is 15.8. The van der Waals surface area contributed by atoms with E-state index in [-0.39, 0.29) is 5.91 Å². The molecule has 0 atom stereocenters. The van der Waals surface area contributed by atoms with E-state index in [1.807, 2.05) is 19.1 Å². The number of amides is 1. The molecule has 5 rings (SSSR count). The molecule has 3 aromatic rings. The molecule has 3 N–H and O–H groups in total. The lowest BCUT2D eigenvalue weighted by molar-refractivity contribution is 0.0866. The minimum absolute atomic E-state index is 0.261. The quantitative estimate of drug-likeness (QED) is 0.193. The van der Waals surface area contributed by atoms with Gasteiger partial charge in [-0.3, -0.25) is 9.89 Å². The van der Waals surface area contributed by atoms with Crippen molar-refractivity contribution in [3.8, 4) is 22.4 Å². The van der Waals surface area contributed by atoms with Crippen molar-refractivity contribution < 1.29 is 4.79 Å². The summed E-state index contributed by atoms with van der Waals surface area (Å²) in [5.74, 6) is 7.04. The van der Waals surface area contributed by atoms with Gasteiger partial charge in [0, 0.05) is 42.7 Å². The third kappa shape index (κ3) is 7.25. The number of nitrogens with zero attached hydrogens (tertiary/aromatic N) is 3. The Morgan fingerprint density at radius 2 is 1.93 bits per heavy atom. The first kappa shape index (κ1) is 29.9. The van der Waals surface area contributed by atoms with E-state index in [1.165, 1.54) is 25.7 Å². The van der Waals surface area contributed by atoms with Crippen LogP contribution in [0.4, 0.5) is 5.69 Å². The van der Waals surface area contributed by atoms with Crippen LogP contribution in [-0.2, 0) is 6.54 Å². The zero-order valence-electron chi connectivity index (χ0n) is 23.1. The highest BCUT2D eigenvalue weighted by molar-refractivity contribution is 7.80. The van der Waals surface area contributed by atoms with E-state index in [4.69, 9.17) is 35.4 Å². The summed E-state index contributed by atoms with van der Waals surface area (Å²) in [5.41, 5.74) is 2.41. The molecule has 1 aliphatic heterocycles. The Morgan fingerprint density at radius 1 is 1.15 bits per heavy atom. The summed E-state index contributed by atoms with van der Waals surface area (Å²) < 4.78 is 0. The number of rotatable bonds is 7. The van der Waals surface area contributed by atoms with Crippen LogP contribution >= 0.6 is 46.8 Å². The highest BCUT2D eigenvalue weighted by atomic mass is 35.5. The molecule has 1 saturated heterocycles. The Morgan fingerprint density at radius 3 is 2.66 bits per heavy atom. The van der Waals surface area contributed by atoms with Crippen LogP contribution in [0.15, 0.2) is 30.3 Å². The van der Waals surface area contributed by atoms with Crippen molar-refractivity contribution in [3.63, 3.8) is 0 Å². The number of aromatic nitrogens is 2. The number of carbonyl (C=O) groups is 1. The zero-order chi connectivity index (χ0) is 28.8. The molecule has 2 aliphatic rings. The number of carbonyl (C=O) groups excluding carboxylic acids is 1. The molecule has 0 unspecified atom stereocenters. The van der Waals surface area contributed by atoms with Crippen LogP contribution in [0.1, 0.15) is 72.8 Å². The minimum Gasteiger partial charge on any atom is -0.363 e. The highest BCUT2D eigenvalue weighted by Crippen LogP contribution is 2.35. The Hall–Kier alpha value is -2.61. The number of H-pyrrole nitrogens is 1. The van der Waals surface area contributed by atoms with E-state index in [2.05, 4.69) is 37.7 Å². The fourth-order valence-corrected chi connectivity index (χ4v) is 6.91. The van der Waals surface area contributed by atoms with Gasteiger partial charge in [0.1, 0.15) is 0 Å². The Balaban J connectivity index is 1.51. The molecular formula is C30H34Cl2N6OS2. The third-order valence-corrected chi connectivity index (χ3v) is 9.23. The van der Waals surface area contributed by atoms with E-state index in [9.17, 15) is 4.79 Å². The predicted octanol–water partition coefficient (Wildman–Crippen LogP) is 7.02. The Labute approximate surface area is 260 Å². The summed E-state index contributed by atoms with van der Waals surface area (Å²) in [6.07, 6.45) is 8.01. The summed E-state index contributed by atoms with van der Waals surface area (Å²) >= 11 is 19.9. The summed E-state index contributed by atoms with van der Waals surface area (Å²) in [4.78, 5) is 16.4. The second kappa shape index (κ2) is 14.0. The van der Waals surface area contributed by atoms with Gasteiger partial charge in [0.2, 0.25) is 0 Å². The molecule has 0 bridgehead atoms. The Bertz CT molecular complexity index is 1450. The average molecular weight is 630 g/mol. The van der Waals surface area contributed by atoms with Gasteiger partial charge < -0.3 is 10.6 Å². The number of hydrogen-bond donors (Lipinski definition) is 3. The predicted molar refractivity (Wildman–Crippen MR) is 173 cm³/mol. The number of hydrazine groups is 1. The fourth-order valence-electron chi connectivity index (χ4n) is 5.31. The molecule has 2 aromatic heterocycles. The number of hydrogen-bond acceptors (Lipinski definition) is 5. The summed E-state index contributed by atoms with van der Waals surface area (Å²) in [6.45, 7) is 4.49. The van der Waals surface area contributed by atoms with Gasteiger partial charge in [-0.05, 0) is 75.2 Å². The zero-order valence-corrected chi connectivity index (χ0v) is 26.2. The first-order valence-corrected chi connectivity index (χ1v) is 16.2. The number of piperidine rings is 1. The van der Waals surface area contributed by atoms with Crippen LogP contribution in [0.25, 0.3) is 10.6 Å². The summed E-state index contributed by atoms with van der Waals surface area (Å²) in [6, 6.07) is 9.28. The van der Waals surface area contributed by atoms with Gasteiger partial charge in [-0.25, -0.2) is 10.0 Å². The number of benzene rings is 1. The first-order chi connectivity index (χ1) is 19.9. The van der Waals surface area contributed by atoms with Crippen molar-refractivity contribution >= 4 is 63.5 Å². The topological polar surface area (TPSA) is 76.3 Å². The first-order valence-electron chi connectivity index (χ1n) is 14.2. The molecule has 0 spiro atoms. The molecule has 3 heterocycles. The van der Waals surface area contributed by atoms with E-state index in [1.54, 1.807) is 34.5 Å². The lowest BCUT2D eigenvalue weighted by Gasteiger charge is -2.37. The third-order valence-electron chi connectivity index (χ3n) is 7.39. The van der Waals surface area contributed by atoms with Crippen LogP contribution < -0.4 is 15.6 Å². The van der Waals surface area contributed by atoms with Gasteiger partial charge in [0.25, 0.3) is 5.91 Å². The monoisotopic (exact) mass is 628 g/mol. The molecule has 41 heavy (non-hydrogen) atoms. The Kier molecular flexibility index (Phi) is 10.2. The lowest BCUT2D eigenvalue weighted by Crippen LogP contribution is -2.49. The van der Waals surface area contributed by atoms with E-state index >= 15 is 0 Å². The number of anilines is 1. The molecule has 2 fully saturated rings. The maximum Gasteiger partial charge on any atom is 0.293 e. The molecule has 1 aromatic carbocycles. The molecule has 11 heteroatoms. The van der Waals surface area contributed by atoms with Crippen molar-refractivity contribution in [2.45, 2.75) is 58.4 Å². The number of aromatic amines is 1. The number of halogens is 2. The molecule has 1 aliphatic carbocycles. The highest BCUT2D eigenvalue weighted by Gasteiger charge is 2.32. The molecule has 1 amide bonds. The average Bonchev–Trinajstić information content (AvgIpc) is 3.74. The van der Waals surface area contributed by atoms with Gasteiger partial charge in [-0.2, -0.15) is 5.10 Å². The minimum atomic E-state index is -0.261. The lowest BCUT2D eigenvalue weighted by atomic mass is 10.1. The van der Waals surface area contributed by atoms with Crippen LogP contribution in [0.5, 0.6) is 0 Å². The molecule has 0 radical (unpaired) electrons. The maximum atomic E-state index is 14.4. The SMILES string of the molecule is CCNC(=S)NCc1c(C(=O)N(c2ccc(Cl)cc2Cl)N2CCCCC2)n[nH]c1-c1ccc(C#CC2CCCC2)s1. The van der Waals surface area contributed by atoms with Crippen LogP contribution in [-0.4, -0.2) is 45.9 Å². The maximum absolute atomic E-state index is 14.4. The van der Waals surface area contributed by atoms with Crippen molar-refractivity contribution in [1.29, 1.82) is 0 Å². The second-order valence-electron chi connectivity index (χ2n) is 10.3. The number of thiocarbonyl (C=S) groups is 1. The largest absolute Gasteiger partial charge is 0.363 e. The van der Waals surface area contributed by atoms with Gasteiger partial charge in [-0.15, -0.1) is 11.3 Å². The fraction of sp³-hybridized carbons (Fsp3) is 0.433. The van der Waals surface area contributed by atoms with Gasteiger partial charge in [0.15, 0.2) is 10.8 Å². The van der Waals surface area contributed by atoms with Crippen LogP contribution in [0.3, 0.4) is 0 Å². The van der Waals surface area contributed by atoms with Crippen LogP contribution in [0.2, 0.25) is 10.0 Å². The second-order valence-corrected chi connectivity index (χ2v) is 12.6. The van der Waals surface area contributed by atoms with E-state index in [0.29, 0.717) is 45.5 Å². The number of nitrogens with one attached hydrogen (secondary N) is 3. The van der Waals surface area contributed by atoms with Crippen molar-refractivity contribution in [1.82, 2.24) is 25.8 Å². The summed E-state index contributed by atoms with van der Waals surface area (Å²) in [7, 11) is 0. The van der Waals surface area contributed by atoms with Gasteiger partial charge in [0.05, 0.1) is 26.2 Å². The van der Waals surface area contributed by atoms with Crippen molar-refractivity contribution in [2.75, 3.05) is 24.6 Å². The smallest absolute Gasteiger partial charge is 0.293 e. The van der Waals surface area contributed by atoms with Crippen molar-refractivity contribution in [2.24, 2.45) is 5.92 Å². The van der Waals surface area contributed by atoms with Gasteiger partial charge >= 0.3 is 0 Å².